The average molecular weight is 537 g/mol. The molecule has 0 fully saturated rings. The van der Waals surface area contributed by atoms with Crippen molar-refractivity contribution in [3.8, 4) is 11.8 Å². The second kappa shape index (κ2) is 14.2. The molecule has 3 unspecified atom stereocenters. The Morgan fingerprint density at radius 2 is 1.77 bits per heavy atom. The summed E-state index contributed by atoms with van der Waals surface area (Å²) in [7, 11) is 0. The molecular weight excluding hydrogens is 496 g/mol. The topological polar surface area (TPSA) is 132 Å². The third-order valence-electron chi connectivity index (χ3n) is 6.00. The summed E-state index contributed by atoms with van der Waals surface area (Å²) in [6.07, 6.45) is 0.919. The molecule has 0 aliphatic carbocycles. The molecule has 0 aliphatic heterocycles. The van der Waals surface area contributed by atoms with E-state index in [4.69, 9.17) is 4.74 Å². The van der Waals surface area contributed by atoms with Crippen molar-refractivity contribution in [2.75, 3.05) is 6.54 Å². The van der Waals surface area contributed by atoms with Crippen molar-refractivity contribution in [3.05, 3.63) is 65.2 Å². The summed E-state index contributed by atoms with van der Waals surface area (Å²) in [5, 5.41) is 25.4. The van der Waals surface area contributed by atoms with Crippen LogP contribution in [-0.2, 0) is 20.7 Å². The summed E-state index contributed by atoms with van der Waals surface area (Å²) < 4.78 is 5.40. The maximum Gasteiger partial charge on any atom is 0.408 e. The molecule has 3 atom stereocenters. The number of amides is 3. The average Bonchev–Trinajstić information content (AvgIpc) is 2.84. The van der Waals surface area contributed by atoms with Crippen LogP contribution in [0.4, 0.5) is 4.79 Å². The Hall–Kier alpha value is -4.06. The smallest absolute Gasteiger partial charge is 0.408 e. The van der Waals surface area contributed by atoms with Crippen LogP contribution < -0.4 is 10.6 Å². The van der Waals surface area contributed by atoms with E-state index in [-0.39, 0.29) is 18.2 Å². The second-order valence-corrected chi connectivity index (χ2v) is 10.7. The number of aryl methyl sites for hydroxylation is 1. The standard InChI is InChI=1S/C30H40N4O5/c1-7-11-21(3)32-27(36)26(23-14-15-25(35)20(2)18-23)34(17-16-31)28(37)24(19-22-12-9-8-10-13-22)33-29(38)39-30(4,5)6/h8-10,12-15,18,21,24,26,35H,7,11,17,19H2,1-6H3,(H,32,36)(H,33,38). The van der Waals surface area contributed by atoms with Gasteiger partial charge in [-0.25, -0.2) is 4.79 Å². The number of rotatable bonds is 11. The van der Waals surface area contributed by atoms with Gasteiger partial charge in [0.25, 0.3) is 0 Å². The van der Waals surface area contributed by atoms with Crippen molar-refractivity contribution in [2.24, 2.45) is 0 Å². The SMILES string of the molecule is CCCC(C)NC(=O)C(c1ccc(O)c(C)c1)N(CC#N)C(=O)C(Cc1ccccc1)NC(=O)OC(C)(C)C. The number of phenols is 1. The summed E-state index contributed by atoms with van der Waals surface area (Å²) >= 11 is 0. The number of nitrogens with one attached hydrogen (secondary N) is 2. The summed E-state index contributed by atoms with van der Waals surface area (Å²) in [5.74, 6) is -1.02. The number of aromatic hydroxyl groups is 1. The molecule has 3 N–H and O–H groups in total. The van der Waals surface area contributed by atoms with Gasteiger partial charge in [0.15, 0.2) is 0 Å². The normalized spacial score (nSPS) is 13.4. The molecule has 2 rings (SSSR count). The first kappa shape index (κ1) is 31.2. The monoisotopic (exact) mass is 536 g/mol. The van der Waals surface area contributed by atoms with Gasteiger partial charge >= 0.3 is 6.09 Å². The molecule has 0 saturated carbocycles. The molecular formula is C30H40N4O5. The van der Waals surface area contributed by atoms with E-state index in [9.17, 15) is 24.8 Å². The predicted molar refractivity (Wildman–Crippen MR) is 149 cm³/mol. The number of ether oxygens (including phenoxy) is 1. The lowest BCUT2D eigenvalue weighted by atomic mass is 9.98. The Labute approximate surface area is 231 Å². The summed E-state index contributed by atoms with van der Waals surface area (Å²) in [6, 6.07) is 13.3. The Morgan fingerprint density at radius 1 is 1.10 bits per heavy atom. The van der Waals surface area contributed by atoms with Gasteiger partial charge in [-0.15, -0.1) is 0 Å². The molecule has 2 aromatic carbocycles. The molecule has 0 radical (unpaired) electrons. The lowest BCUT2D eigenvalue weighted by molar-refractivity contribution is -0.142. The van der Waals surface area contributed by atoms with Crippen molar-refractivity contribution in [2.45, 2.75) is 84.5 Å². The first-order valence-electron chi connectivity index (χ1n) is 13.2. The lowest BCUT2D eigenvalue weighted by Gasteiger charge is -2.33. The van der Waals surface area contributed by atoms with Crippen LogP contribution in [0.15, 0.2) is 48.5 Å². The minimum absolute atomic E-state index is 0.0453. The molecule has 2 aromatic rings. The predicted octanol–water partition coefficient (Wildman–Crippen LogP) is 4.53. The molecule has 0 bridgehead atoms. The number of nitriles is 1. The van der Waals surface area contributed by atoms with Crippen LogP contribution in [0.25, 0.3) is 0 Å². The third-order valence-corrected chi connectivity index (χ3v) is 6.00. The van der Waals surface area contributed by atoms with Crippen LogP contribution in [-0.4, -0.2) is 52.1 Å². The van der Waals surface area contributed by atoms with Gasteiger partial charge in [0.1, 0.15) is 30.0 Å². The molecule has 9 heteroatoms. The van der Waals surface area contributed by atoms with E-state index in [1.54, 1.807) is 39.8 Å². The van der Waals surface area contributed by atoms with E-state index in [2.05, 4.69) is 10.6 Å². The fraction of sp³-hybridized carbons (Fsp3) is 0.467. The van der Waals surface area contributed by atoms with Crippen molar-refractivity contribution >= 4 is 17.9 Å². The molecule has 0 spiro atoms. The van der Waals surface area contributed by atoms with Crippen molar-refractivity contribution in [1.82, 2.24) is 15.5 Å². The number of carbonyl (C=O) groups is 3. The molecule has 3 amide bonds. The van der Waals surface area contributed by atoms with Gasteiger partial charge in [-0.2, -0.15) is 5.26 Å². The van der Waals surface area contributed by atoms with Crippen molar-refractivity contribution < 1.29 is 24.2 Å². The van der Waals surface area contributed by atoms with Crippen LogP contribution >= 0.6 is 0 Å². The molecule has 39 heavy (non-hydrogen) atoms. The van der Waals surface area contributed by atoms with E-state index in [0.717, 1.165) is 18.4 Å². The fourth-order valence-electron chi connectivity index (χ4n) is 4.22. The molecule has 0 aromatic heterocycles. The number of benzene rings is 2. The van der Waals surface area contributed by atoms with Crippen molar-refractivity contribution in [1.29, 1.82) is 5.26 Å². The first-order valence-corrected chi connectivity index (χ1v) is 13.2. The molecule has 210 valence electrons. The first-order chi connectivity index (χ1) is 18.4. The Balaban J connectivity index is 2.55. The zero-order valence-electron chi connectivity index (χ0n) is 23.7. The van der Waals surface area contributed by atoms with Gasteiger partial charge in [-0.1, -0.05) is 49.7 Å². The highest BCUT2D eigenvalue weighted by atomic mass is 16.6. The van der Waals surface area contributed by atoms with Crippen LogP contribution in [0.1, 0.15) is 70.2 Å². The maximum absolute atomic E-state index is 14.1. The van der Waals surface area contributed by atoms with Crippen LogP contribution in [0.2, 0.25) is 0 Å². The van der Waals surface area contributed by atoms with Crippen LogP contribution in [0.3, 0.4) is 0 Å². The minimum atomic E-state index is -1.17. The zero-order chi connectivity index (χ0) is 29.2. The highest BCUT2D eigenvalue weighted by Gasteiger charge is 2.37. The van der Waals surface area contributed by atoms with Gasteiger partial charge in [-0.05, 0) is 69.9 Å². The van der Waals surface area contributed by atoms with Crippen LogP contribution in [0, 0.1) is 18.3 Å². The van der Waals surface area contributed by atoms with Gasteiger partial charge in [0.2, 0.25) is 11.8 Å². The summed E-state index contributed by atoms with van der Waals surface area (Å²) in [4.78, 5) is 41.7. The molecule has 0 saturated heterocycles. The number of phenolic OH excluding ortho intramolecular Hbond substituents is 1. The van der Waals surface area contributed by atoms with E-state index < -0.39 is 42.1 Å². The van der Waals surface area contributed by atoms with E-state index in [1.165, 1.54) is 11.0 Å². The van der Waals surface area contributed by atoms with Crippen LogP contribution in [0.5, 0.6) is 5.75 Å². The number of nitrogens with zero attached hydrogens (tertiary/aromatic N) is 2. The highest BCUT2D eigenvalue weighted by Crippen LogP contribution is 2.27. The Bertz CT molecular complexity index is 1170. The van der Waals surface area contributed by atoms with Gasteiger partial charge < -0.3 is 25.4 Å². The van der Waals surface area contributed by atoms with E-state index in [0.29, 0.717) is 11.1 Å². The quantitative estimate of drug-likeness (QED) is 0.362. The van der Waals surface area contributed by atoms with Gasteiger partial charge in [0.05, 0.1) is 6.07 Å². The Morgan fingerprint density at radius 3 is 2.33 bits per heavy atom. The Kier molecular flexibility index (Phi) is 11.3. The largest absolute Gasteiger partial charge is 0.508 e. The number of hydrogen-bond acceptors (Lipinski definition) is 6. The lowest BCUT2D eigenvalue weighted by Crippen LogP contribution is -2.54. The minimum Gasteiger partial charge on any atom is -0.508 e. The number of hydrogen-bond donors (Lipinski definition) is 3. The zero-order valence-corrected chi connectivity index (χ0v) is 23.7. The van der Waals surface area contributed by atoms with Crippen molar-refractivity contribution in [3.63, 3.8) is 0 Å². The molecule has 0 heterocycles. The van der Waals surface area contributed by atoms with E-state index >= 15 is 0 Å². The molecule has 9 nitrogen and oxygen atoms in total. The maximum atomic E-state index is 14.1. The summed E-state index contributed by atoms with van der Waals surface area (Å²) in [5.41, 5.74) is 0.940. The number of alkyl carbamates (subject to hydrolysis) is 1. The summed E-state index contributed by atoms with van der Waals surface area (Å²) in [6.45, 7) is 10.3. The van der Waals surface area contributed by atoms with Gasteiger partial charge in [0, 0.05) is 12.5 Å². The fourth-order valence-corrected chi connectivity index (χ4v) is 4.22. The number of carbonyl (C=O) groups excluding carboxylic acids is 3. The second-order valence-electron chi connectivity index (χ2n) is 10.7. The van der Waals surface area contributed by atoms with Gasteiger partial charge in [-0.3, -0.25) is 9.59 Å². The highest BCUT2D eigenvalue weighted by molar-refractivity contribution is 5.92. The third kappa shape index (κ3) is 9.64. The molecule has 0 aliphatic rings. The van der Waals surface area contributed by atoms with E-state index in [1.807, 2.05) is 50.2 Å².